The van der Waals surface area contributed by atoms with Crippen LogP contribution >= 0.6 is 0 Å². The third-order valence-corrected chi connectivity index (χ3v) is 3.99. The molecule has 0 aromatic carbocycles. The first-order valence-corrected chi connectivity index (χ1v) is 5.95. The minimum atomic E-state index is 0.250. The molecule has 0 saturated heterocycles. The number of hydrogen-bond donors (Lipinski definition) is 0. The van der Waals surface area contributed by atoms with Gasteiger partial charge in [0.15, 0.2) is 0 Å². The molecule has 0 aromatic rings. The fraction of sp³-hybridized carbons (Fsp3) is 0.769. The van der Waals surface area contributed by atoms with Gasteiger partial charge in [-0.3, -0.25) is 4.79 Å². The first-order valence-electron chi connectivity index (χ1n) is 5.95. The summed E-state index contributed by atoms with van der Waals surface area (Å²) in [5.74, 6) is 2.08. The van der Waals surface area contributed by atoms with Crippen LogP contribution in [0.15, 0.2) is 12.2 Å². The molecule has 2 rings (SSSR count). The van der Waals surface area contributed by atoms with Crippen molar-refractivity contribution >= 4 is 5.78 Å². The van der Waals surface area contributed by atoms with Gasteiger partial charge in [-0.05, 0) is 37.5 Å². The Bertz CT molecular complexity index is 254. The van der Waals surface area contributed by atoms with Crippen molar-refractivity contribution in [1.29, 1.82) is 0 Å². The maximum absolute atomic E-state index is 11.9. The lowest BCUT2D eigenvalue weighted by atomic mass is 9.81. The van der Waals surface area contributed by atoms with Crippen LogP contribution in [0, 0.1) is 17.8 Å². The predicted octanol–water partition coefficient (Wildman–Crippen LogP) is 3.35. The lowest BCUT2D eigenvalue weighted by molar-refractivity contribution is -0.123. The molecule has 1 nitrogen and oxygen atoms in total. The van der Waals surface area contributed by atoms with Gasteiger partial charge in [0.2, 0.25) is 0 Å². The molecule has 0 radical (unpaired) electrons. The number of ketones is 1. The second kappa shape index (κ2) is 3.88. The van der Waals surface area contributed by atoms with E-state index in [1.54, 1.807) is 0 Å². The third-order valence-electron chi connectivity index (χ3n) is 3.99. The highest BCUT2D eigenvalue weighted by Gasteiger charge is 2.45. The lowest BCUT2D eigenvalue weighted by Gasteiger charge is -2.22. The number of carbonyl (C=O) groups is 1. The molecule has 3 atom stereocenters. The van der Waals surface area contributed by atoms with E-state index in [2.05, 4.69) is 13.5 Å². The normalized spacial score (nSPS) is 35.2. The summed E-state index contributed by atoms with van der Waals surface area (Å²) in [6, 6.07) is 0. The van der Waals surface area contributed by atoms with Gasteiger partial charge in [-0.25, -0.2) is 0 Å². The van der Waals surface area contributed by atoms with E-state index in [1.807, 2.05) is 0 Å². The topological polar surface area (TPSA) is 17.1 Å². The van der Waals surface area contributed by atoms with Gasteiger partial charge in [-0.15, -0.1) is 0 Å². The monoisotopic (exact) mass is 192 g/mol. The van der Waals surface area contributed by atoms with Crippen LogP contribution in [0.4, 0.5) is 0 Å². The van der Waals surface area contributed by atoms with E-state index in [1.165, 1.54) is 24.8 Å². The highest BCUT2D eigenvalue weighted by atomic mass is 16.1. The van der Waals surface area contributed by atoms with Crippen molar-refractivity contribution in [2.75, 3.05) is 0 Å². The average Bonchev–Trinajstić information content (AvgIpc) is 2.74. The molecule has 0 spiro atoms. The Morgan fingerprint density at radius 2 is 2.29 bits per heavy atom. The molecular formula is C13H20O. The highest BCUT2D eigenvalue weighted by molar-refractivity contribution is 5.84. The number of hydrogen-bond acceptors (Lipinski definition) is 1. The molecule has 0 aromatic heterocycles. The number of Topliss-reactive ketones (excluding diaryl/α,β-unsaturated/α-hetero) is 1. The quantitative estimate of drug-likeness (QED) is 0.624. The summed E-state index contributed by atoms with van der Waals surface area (Å²) in [6.07, 6.45) is 6.77. The Kier molecular flexibility index (Phi) is 2.76. The molecule has 2 aliphatic carbocycles. The van der Waals surface area contributed by atoms with E-state index in [0.29, 0.717) is 17.6 Å². The Balaban J connectivity index is 1.97. The minimum Gasteiger partial charge on any atom is -0.299 e. The summed E-state index contributed by atoms with van der Waals surface area (Å²) < 4.78 is 0. The van der Waals surface area contributed by atoms with Crippen LogP contribution in [0.2, 0.25) is 0 Å². The van der Waals surface area contributed by atoms with Crippen LogP contribution in [-0.2, 0) is 4.79 Å². The van der Waals surface area contributed by atoms with Crippen molar-refractivity contribution in [3.8, 4) is 0 Å². The second-order valence-corrected chi connectivity index (χ2v) is 4.89. The van der Waals surface area contributed by atoms with Gasteiger partial charge >= 0.3 is 0 Å². The van der Waals surface area contributed by atoms with Crippen LogP contribution in [0.25, 0.3) is 0 Å². The summed E-state index contributed by atoms with van der Waals surface area (Å²) >= 11 is 0. The number of unbranched alkanes of at least 4 members (excludes halogenated alkanes) is 1. The molecule has 0 aliphatic heterocycles. The van der Waals surface area contributed by atoms with E-state index < -0.39 is 0 Å². The van der Waals surface area contributed by atoms with E-state index in [4.69, 9.17) is 0 Å². The van der Waals surface area contributed by atoms with Gasteiger partial charge in [-0.2, -0.15) is 0 Å². The van der Waals surface area contributed by atoms with Crippen molar-refractivity contribution in [2.45, 2.75) is 45.4 Å². The standard InChI is InChI=1S/C13H20O/c1-3-4-5-12(14)13-9(2)10-6-7-11(13)8-10/h10-11,13H,2-8H2,1H3. The average molecular weight is 192 g/mol. The zero-order valence-corrected chi connectivity index (χ0v) is 9.09. The van der Waals surface area contributed by atoms with Crippen LogP contribution < -0.4 is 0 Å². The summed E-state index contributed by atoms with van der Waals surface area (Å²) in [5.41, 5.74) is 1.27. The Labute approximate surface area is 86.6 Å². The molecule has 0 heterocycles. The van der Waals surface area contributed by atoms with E-state index in [9.17, 15) is 4.79 Å². The van der Waals surface area contributed by atoms with Crippen LogP contribution in [-0.4, -0.2) is 5.78 Å². The first-order chi connectivity index (χ1) is 6.74. The Morgan fingerprint density at radius 3 is 2.86 bits per heavy atom. The zero-order chi connectivity index (χ0) is 10.1. The molecular weight excluding hydrogens is 172 g/mol. The lowest BCUT2D eigenvalue weighted by Crippen LogP contribution is -2.22. The van der Waals surface area contributed by atoms with E-state index in [-0.39, 0.29) is 5.92 Å². The van der Waals surface area contributed by atoms with Gasteiger partial charge in [0.25, 0.3) is 0 Å². The molecule has 1 heteroatoms. The SMILES string of the molecule is C=C1C2CCC(C2)C1C(=O)CCCC. The Morgan fingerprint density at radius 1 is 1.50 bits per heavy atom. The molecule has 2 fully saturated rings. The zero-order valence-electron chi connectivity index (χ0n) is 9.09. The van der Waals surface area contributed by atoms with Crippen LogP contribution in [0.1, 0.15) is 45.4 Å². The van der Waals surface area contributed by atoms with E-state index in [0.717, 1.165) is 19.3 Å². The number of fused-ring (bicyclic) bond motifs is 2. The second-order valence-electron chi connectivity index (χ2n) is 4.89. The van der Waals surface area contributed by atoms with Crippen LogP contribution in [0.3, 0.4) is 0 Å². The first kappa shape index (κ1) is 9.95. The smallest absolute Gasteiger partial charge is 0.140 e. The van der Waals surface area contributed by atoms with Gasteiger partial charge in [0.05, 0.1) is 0 Å². The van der Waals surface area contributed by atoms with Crippen molar-refractivity contribution in [2.24, 2.45) is 17.8 Å². The number of carbonyl (C=O) groups excluding carboxylic acids is 1. The minimum absolute atomic E-state index is 0.250. The molecule has 2 aliphatic rings. The maximum Gasteiger partial charge on any atom is 0.140 e. The number of allylic oxidation sites excluding steroid dienone is 1. The summed E-state index contributed by atoms with van der Waals surface area (Å²) in [5, 5.41) is 0. The maximum atomic E-state index is 11.9. The van der Waals surface area contributed by atoms with Crippen LogP contribution in [0.5, 0.6) is 0 Å². The molecule has 0 amide bonds. The van der Waals surface area contributed by atoms with Crippen molar-refractivity contribution < 1.29 is 4.79 Å². The van der Waals surface area contributed by atoms with Gasteiger partial charge in [0.1, 0.15) is 5.78 Å². The molecule has 78 valence electrons. The van der Waals surface area contributed by atoms with E-state index >= 15 is 0 Å². The van der Waals surface area contributed by atoms with Crippen molar-refractivity contribution in [1.82, 2.24) is 0 Å². The molecule has 2 saturated carbocycles. The van der Waals surface area contributed by atoms with Gasteiger partial charge in [-0.1, -0.05) is 25.5 Å². The van der Waals surface area contributed by atoms with Crippen molar-refractivity contribution in [3.05, 3.63) is 12.2 Å². The summed E-state index contributed by atoms with van der Waals surface area (Å²) in [6.45, 7) is 6.27. The van der Waals surface area contributed by atoms with Gasteiger partial charge < -0.3 is 0 Å². The summed E-state index contributed by atoms with van der Waals surface area (Å²) in [7, 11) is 0. The fourth-order valence-electron chi connectivity index (χ4n) is 3.19. The largest absolute Gasteiger partial charge is 0.299 e. The van der Waals surface area contributed by atoms with Gasteiger partial charge in [0, 0.05) is 12.3 Å². The molecule has 14 heavy (non-hydrogen) atoms. The third kappa shape index (κ3) is 1.53. The molecule has 0 N–H and O–H groups in total. The number of rotatable bonds is 4. The fourth-order valence-corrected chi connectivity index (χ4v) is 3.19. The van der Waals surface area contributed by atoms with Crippen molar-refractivity contribution in [3.63, 3.8) is 0 Å². The molecule has 3 unspecified atom stereocenters. The summed E-state index contributed by atoms with van der Waals surface area (Å²) in [4.78, 5) is 11.9. The predicted molar refractivity (Wildman–Crippen MR) is 58.0 cm³/mol. The highest BCUT2D eigenvalue weighted by Crippen LogP contribution is 2.51. The Hall–Kier alpha value is -0.590. The molecule has 2 bridgehead atoms.